The van der Waals surface area contributed by atoms with Crippen LogP contribution in [-0.2, 0) is 0 Å². The minimum atomic E-state index is 0.0197. The van der Waals surface area contributed by atoms with Crippen LogP contribution in [-0.4, -0.2) is 17.3 Å². The molecule has 2 N–H and O–H groups in total. The lowest BCUT2D eigenvalue weighted by atomic mass is 10.2. The lowest BCUT2D eigenvalue weighted by Gasteiger charge is -1.97. The molecule has 4 heteroatoms. The molecule has 2 heterocycles. The number of aliphatic hydroxyl groups excluding tert-OH is 1. The molecule has 4 nitrogen and oxygen atoms in total. The van der Waals surface area contributed by atoms with Crippen molar-refractivity contribution in [3.63, 3.8) is 0 Å². The summed E-state index contributed by atoms with van der Waals surface area (Å²) in [7, 11) is 0. The summed E-state index contributed by atoms with van der Waals surface area (Å²) >= 11 is 0. The van der Waals surface area contributed by atoms with Crippen LogP contribution in [0, 0.1) is 0 Å². The molecular formula is C6H5N3O+. The number of amidine groups is 1. The van der Waals surface area contributed by atoms with Crippen molar-refractivity contribution in [2.75, 3.05) is 0 Å². The molecule has 0 fully saturated rings. The number of aliphatic hydroxyl groups is 1. The van der Waals surface area contributed by atoms with Gasteiger partial charge in [0, 0.05) is 6.20 Å². The first-order chi connectivity index (χ1) is 4.88. The minimum Gasteiger partial charge on any atom is -0.474 e. The van der Waals surface area contributed by atoms with Crippen LogP contribution in [0.15, 0.2) is 28.7 Å². The Balaban J connectivity index is 2.53. The van der Waals surface area contributed by atoms with Gasteiger partial charge in [-0.25, -0.2) is 10.3 Å². The van der Waals surface area contributed by atoms with Gasteiger partial charge in [-0.05, 0) is 11.1 Å². The summed E-state index contributed by atoms with van der Waals surface area (Å²) in [6.07, 6.45) is 4.72. The Labute approximate surface area is 57.3 Å². The van der Waals surface area contributed by atoms with Crippen molar-refractivity contribution in [3.05, 3.63) is 23.7 Å². The van der Waals surface area contributed by atoms with Crippen molar-refractivity contribution in [3.8, 4) is 0 Å². The molecule has 0 aromatic carbocycles. The van der Waals surface area contributed by atoms with E-state index in [4.69, 9.17) is 5.11 Å². The van der Waals surface area contributed by atoms with Crippen LogP contribution < -0.4 is 10.3 Å². The van der Waals surface area contributed by atoms with E-state index in [1.54, 1.807) is 12.3 Å². The van der Waals surface area contributed by atoms with Gasteiger partial charge in [-0.2, -0.15) is 0 Å². The van der Waals surface area contributed by atoms with Crippen LogP contribution in [0.1, 0.15) is 0 Å². The molecule has 2 aliphatic rings. The Morgan fingerprint density at radius 1 is 1.60 bits per heavy atom. The van der Waals surface area contributed by atoms with Gasteiger partial charge in [0.05, 0.1) is 0 Å². The van der Waals surface area contributed by atoms with E-state index in [1.165, 1.54) is 6.34 Å². The highest BCUT2D eigenvalue weighted by molar-refractivity contribution is 6.09. The zero-order valence-electron chi connectivity index (χ0n) is 5.07. The third-order valence-electron chi connectivity index (χ3n) is 1.33. The average Bonchev–Trinajstić information content (AvgIpc) is 2.36. The monoisotopic (exact) mass is 135 g/mol. The number of rotatable bonds is 0. The molecule has 0 amide bonds. The number of nitrogens with one attached hydrogen (secondary N) is 1. The van der Waals surface area contributed by atoms with Crippen molar-refractivity contribution in [2.45, 2.75) is 0 Å². The molecule has 49 valence electrons. The maximum Gasteiger partial charge on any atom is 0.338 e. The van der Waals surface area contributed by atoms with Gasteiger partial charge in [0.2, 0.25) is 5.84 Å². The van der Waals surface area contributed by atoms with Crippen LogP contribution >= 0.6 is 0 Å². The Morgan fingerprint density at radius 3 is 3.30 bits per heavy atom. The number of hydrogen-bond acceptors (Lipinski definition) is 4. The fraction of sp³-hybridized carbons (Fsp3) is 0. The van der Waals surface area contributed by atoms with Gasteiger partial charge in [-0.3, -0.25) is 0 Å². The number of aliphatic imine (C=N–C) groups is 2. The normalized spacial score (nSPS) is 20.6. The second-order valence-electron chi connectivity index (χ2n) is 1.93. The summed E-state index contributed by atoms with van der Waals surface area (Å²) in [5, 5.41) is 11.9. The second-order valence-corrected chi connectivity index (χ2v) is 1.93. The summed E-state index contributed by atoms with van der Waals surface area (Å²) in [6.45, 7) is 0. The maximum absolute atomic E-state index is 9.09. The van der Waals surface area contributed by atoms with E-state index < -0.39 is 0 Å². The summed E-state index contributed by atoms with van der Waals surface area (Å²) in [4.78, 5) is 7.56. The van der Waals surface area contributed by atoms with Gasteiger partial charge >= 0.3 is 5.88 Å². The maximum atomic E-state index is 9.09. The molecule has 0 saturated carbocycles. The Hall–Kier alpha value is -1.58. The summed E-state index contributed by atoms with van der Waals surface area (Å²) in [6, 6.07) is 0. The van der Waals surface area contributed by atoms with Crippen LogP contribution in [0.5, 0.6) is 0 Å². The number of nitrogens with zero attached hydrogens (tertiary/aromatic N) is 2. The molecule has 2 rings (SSSR count). The van der Waals surface area contributed by atoms with E-state index in [2.05, 4.69) is 15.3 Å². The Morgan fingerprint density at radius 2 is 2.50 bits per heavy atom. The summed E-state index contributed by atoms with van der Waals surface area (Å²) in [5.74, 6) is 0.679. The zero-order chi connectivity index (χ0) is 6.97. The van der Waals surface area contributed by atoms with E-state index in [9.17, 15) is 0 Å². The minimum absolute atomic E-state index is 0.0197. The van der Waals surface area contributed by atoms with E-state index >= 15 is 0 Å². The second kappa shape index (κ2) is 1.70. The van der Waals surface area contributed by atoms with Gasteiger partial charge in [0.25, 0.3) is 6.34 Å². The third kappa shape index (κ3) is 0.556. The SMILES string of the molecule is OC1=C2C=CN=C2NC=[N+]1. The Kier molecular flexibility index (Phi) is 0.887. The van der Waals surface area contributed by atoms with Crippen molar-refractivity contribution >= 4 is 12.2 Å². The van der Waals surface area contributed by atoms with Gasteiger partial charge in [-0.1, -0.05) is 0 Å². The summed E-state index contributed by atoms with van der Waals surface area (Å²) < 4.78 is 0. The topological polar surface area (TPSA) is 58.7 Å². The van der Waals surface area contributed by atoms with Gasteiger partial charge in [0.1, 0.15) is 5.57 Å². The number of hydrogen-bond donors (Lipinski definition) is 2. The quantitative estimate of drug-likeness (QED) is 0.477. The van der Waals surface area contributed by atoms with E-state index in [0.717, 1.165) is 0 Å². The molecule has 0 bridgehead atoms. The molecule has 0 aliphatic carbocycles. The van der Waals surface area contributed by atoms with E-state index in [0.29, 0.717) is 11.4 Å². The molecule has 10 heavy (non-hydrogen) atoms. The molecule has 0 aromatic heterocycles. The highest BCUT2D eigenvalue weighted by atomic mass is 16.3. The van der Waals surface area contributed by atoms with E-state index in [-0.39, 0.29) is 5.88 Å². The lowest BCUT2D eigenvalue weighted by Crippen LogP contribution is -2.29. The predicted octanol–water partition coefficient (Wildman–Crippen LogP) is -0.351. The molecular weight excluding hydrogens is 130 g/mol. The van der Waals surface area contributed by atoms with Crippen LogP contribution in [0.4, 0.5) is 0 Å². The van der Waals surface area contributed by atoms with Gasteiger partial charge in [0.15, 0.2) is 0 Å². The molecule has 1 radical (unpaired) electrons. The van der Waals surface area contributed by atoms with E-state index in [1.807, 2.05) is 0 Å². The summed E-state index contributed by atoms with van der Waals surface area (Å²) in [5.41, 5.74) is 0.655. The van der Waals surface area contributed by atoms with Crippen molar-refractivity contribution in [2.24, 2.45) is 4.99 Å². The largest absolute Gasteiger partial charge is 0.474 e. The molecule has 0 saturated heterocycles. The molecule has 0 spiro atoms. The first-order valence-electron chi connectivity index (χ1n) is 2.85. The fourth-order valence-corrected chi connectivity index (χ4v) is 0.854. The van der Waals surface area contributed by atoms with Crippen molar-refractivity contribution in [1.29, 1.82) is 0 Å². The van der Waals surface area contributed by atoms with Crippen LogP contribution in [0.25, 0.3) is 0 Å². The molecule has 0 unspecified atom stereocenters. The average molecular weight is 135 g/mol. The third-order valence-corrected chi connectivity index (χ3v) is 1.33. The zero-order valence-corrected chi connectivity index (χ0v) is 5.07. The standard InChI is InChI=1S/C6H5N3O/c10-6-4-1-2-7-5(4)8-3-9-6/h1-3H,(H2,7,8,10)/q+1. The molecule has 2 aliphatic heterocycles. The predicted molar refractivity (Wildman–Crippen MR) is 37.6 cm³/mol. The van der Waals surface area contributed by atoms with Crippen molar-refractivity contribution < 1.29 is 5.11 Å². The van der Waals surface area contributed by atoms with Crippen LogP contribution in [0.3, 0.4) is 0 Å². The van der Waals surface area contributed by atoms with Crippen molar-refractivity contribution in [1.82, 2.24) is 10.3 Å². The van der Waals surface area contributed by atoms with Gasteiger partial charge < -0.3 is 5.11 Å². The van der Waals surface area contributed by atoms with Gasteiger partial charge in [-0.15, -0.1) is 0 Å². The smallest absolute Gasteiger partial charge is 0.338 e. The highest BCUT2D eigenvalue weighted by Gasteiger charge is 2.23. The lowest BCUT2D eigenvalue weighted by molar-refractivity contribution is 0.390. The molecule has 0 atom stereocenters. The Bertz CT molecular complexity index is 285. The fourth-order valence-electron chi connectivity index (χ4n) is 0.854. The molecule has 0 aromatic rings. The first kappa shape index (κ1) is 5.22. The first-order valence-corrected chi connectivity index (χ1v) is 2.85. The highest BCUT2D eigenvalue weighted by Crippen LogP contribution is 2.10. The van der Waals surface area contributed by atoms with Crippen LogP contribution in [0.2, 0.25) is 0 Å². The number of fused-ring (bicyclic) bond motifs is 1.